The molecule has 1 aliphatic rings. The molecule has 1 unspecified atom stereocenters. The summed E-state index contributed by atoms with van der Waals surface area (Å²) < 4.78 is 6.45. The van der Waals surface area contributed by atoms with E-state index in [1.165, 1.54) is 16.9 Å². The minimum absolute atomic E-state index is 0.112. The van der Waals surface area contributed by atoms with Crippen LogP contribution in [-0.2, 0) is 17.6 Å². The van der Waals surface area contributed by atoms with E-state index >= 15 is 0 Å². The highest BCUT2D eigenvalue weighted by molar-refractivity contribution is 7.73. The van der Waals surface area contributed by atoms with Crippen molar-refractivity contribution < 1.29 is 9.53 Å². The summed E-state index contributed by atoms with van der Waals surface area (Å²) >= 11 is 6.89. The van der Waals surface area contributed by atoms with Crippen LogP contribution in [0, 0.1) is 28.0 Å². The number of carbonyl (C=O) groups is 1. The number of nitrogens with zero attached hydrogens (tertiary/aromatic N) is 1. The summed E-state index contributed by atoms with van der Waals surface area (Å²) in [6, 6.07) is 10.1. The number of nitriles is 1. The first-order chi connectivity index (χ1) is 13.5. The van der Waals surface area contributed by atoms with Gasteiger partial charge >= 0.3 is 0 Å². The molecule has 0 radical (unpaired) electrons. The molecule has 1 aliphatic carbocycles. The molecule has 0 saturated carbocycles. The maximum absolute atomic E-state index is 12.4. The lowest BCUT2D eigenvalue weighted by Gasteiger charge is -2.23. The van der Waals surface area contributed by atoms with Gasteiger partial charge in [-0.05, 0) is 61.8 Å². The van der Waals surface area contributed by atoms with Crippen LogP contribution in [0.5, 0.6) is 5.75 Å². The van der Waals surface area contributed by atoms with E-state index in [1.54, 1.807) is 0 Å². The lowest BCUT2D eigenvalue weighted by atomic mass is 9.85. The van der Waals surface area contributed by atoms with Crippen molar-refractivity contribution in [2.24, 2.45) is 5.92 Å². The van der Waals surface area contributed by atoms with Crippen molar-refractivity contribution in [3.05, 3.63) is 50.3 Å². The molecular formula is C22H24N2O2S2. The van der Waals surface area contributed by atoms with Crippen molar-refractivity contribution in [3.63, 3.8) is 0 Å². The van der Waals surface area contributed by atoms with Crippen LogP contribution in [0.3, 0.4) is 0 Å². The van der Waals surface area contributed by atoms with Gasteiger partial charge in [0.1, 0.15) is 16.8 Å². The zero-order valence-electron chi connectivity index (χ0n) is 16.2. The number of anilines is 1. The maximum atomic E-state index is 12.4. The van der Waals surface area contributed by atoms with Crippen molar-refractivity contribution >= 4 is 34.5 Å². The van der Waals surface area contributed by atoms with Crippen LogP contribution in [0.25, 0.3) is 0 Å². The molecule has 6 heteroatoms. The average Bonchev–Trinajstić information content (AvgIpc) is 2.67. The second-order valence-electron chi connectivity index (χ2n) is 7.32. The van der Waals surface area contributed by atoms with Crippen molar-refractivity contribution in [3.8, 4) is 11.8 Å². The molecule has 1 heterocycles. The summed E-state index contributed by atoms with van der Waals surface area (Å²) in [5, 5.41) is 13.1. The number of ether oxygens (including phenoxy) is 1. The van der Waals surface area contributed by atoms with E-state index < -0.39 is 0 Å². The first-order valence-electron chi connectivity index (χ1n) is 9.56. The van der Waals surface area contributed by atoms with E-state index in [4.69, 9.17) is 17.0 Å². The quantitative estimate of drug-likeness (QED) is 0.497. The largest absolute Gasteiger partial charge is 0.494 e. The Morgan fingerprint density at radius 2 is 2.11 bits per heavy atom. The number of carbonyl (C=O) groups excluding carboxylic acids is 1. The molecule has 1 aromatic heterocycles. The maximum Gasteiger partial charge on any atom is 0.225 e. The van der Waals surface area contributed by atoms with Gasteiger partial charge in [-0.2, -0.15) is 5.26 Å². The SMILES string of the molecule is Cc1ccc(OCCCC(=O)Nc2sc(=S)c3c(c2C#N)CCC(C)C3)cc1. The highest BCUT2D eigenvalue weighted by Crippen LogP contribution is 2.36. The number of hydrogen-bond acceptors (Lipinski definition) is 5. The van der Waals surface area contributed by atoms with Crippen LogP contribution in [-0.4, -0.2) is 12.5 Å². The monoisotopic (exact) mass is 412 g/mol. The molecule has 0 spiro atoms. The van der Waals surface area contributed by atoms with Crippen LogP contribution in [0.15, 0.2) is 24.3 Å². The fraction of sp³-hybridized carbons (Fsp3) is 0.409. The first kappa shape index (κ1) is 20.5. The van der Waals surface area contributed by atoms with Gasteiger partial charge in [0.05, 0.1) is 16.0 Å². The summed E-state index contributed by atoms with van der Waals surface area (Å²) in [7, 11) is 0. The Labute approximate surface area is 175 Å². The second kappa shape index (κ2) is 9.31. The van der Waals surface area contributed by atoms with Gasteiger partial charge in [0.2, 0.25) is 5.91 Å². The normalized spacial score (nSPS) is 15.4. The van der Waals surface area contributed by atoms with Crippen molar-refractivity contribution in [1.29, 1.82) is 5.26 Å². The Balaban J connectivity index is 1.59. The number of nitrogens with one attached hydrogen (secondary N) is 1. The van der Waals surface area contributed by atoms with Crippen molar-refractivity contribution in [1.82, 2.24) is 0 Å². The Morgan fingerprint density at radius 1 is 1.36 bits per heavy atom. The van der Waals surface area contributed by atoms with Gasteiger partial charge in [0, 0.05) is 6.42 Å². The Kier molecular flexibility index (Phi) is 6.82. The third-order valence-corrected chi connectivity index (χ3v) is 6.42. The summed E-state index contributed by atoms with van der Waals surface area (Å²) in [6.07, 6.45) is 3.77. The highest BCUT2D eigenvalue weighted by atomic mass is 32.1. The number of rotatable bonds is 6. The molecular weight excluding hydrogens is 388 g/mol. The van der Waals surface area contributed by atoms with Gasteiger partial charge in [-0.15, -0.1) is 11.3 Å². The second-order valence-corrected chi connectivity index (χ2v) is 9.01. The van der Waals surface area contributed by atoms with Gasteiger partial charge in [0.15, 0.2) is 0 Å². The van der Waals surface area contributed by atoms with E-state index in [9.17, 15) is 10.1 Å². The zero-order valence-corrected chi connectivity index (χ0v) is 17.8. The minimum atomic E-state index is -0.112. The first-order valence-corrected chi connectivity index (χ1v) is 10.8. The molecule has 146 valence electrons. The lowest BCUT2D eigenvalue weighted by Crippen LogP contribution is -2.17. The van der Waals surface area contributed by atoms with Crippen LogP contribution in [0.2, 0.25) is 0 Å². The van der Waals surface area contributed by atoms with E-state index in [2.05, 4.69) is 18.3 Å². The van der Waals surface area contributed by atoms with E-state index in [-0.39, 0.29) is 5.91 Å². The Morgan fingerprint density at radius 3 is 2.82 bits per heavy atom. The van der Waals surface area contributed by atoms with Crippen LogP contribution < -0.4 is 10.1 Å². The van der Waals surface area contributed by atoms with E-state index in [0.717, 1.165) is 40.0 Å². The van der Waals surface area contributed by atoms with Gasteiger partial charge in [-0.3, -0.25) is 4.79 Å². The number of hydrogen-bond donors (Lipinski definition) is 1. The predicted octanol–water partition coefficient (Wildman–Crippen LogP) is 5.58. The molecule has 2 aromatic rings. The summed E-state index contributed by atoms with van der Waals surface area (Å²) in [4.78, 5) is 12.4. The number of amides is 1. The smallest absolute Gasteiger partial charge is 0.225 e. The molecule has 1 aromatic carbocycles. The standard InChI is InChI=1S/C22H24N2O2S2/c1-14-5-8-16(9-6-14)26-11-3-4-20(25)24-21-19(13-23)17-10-7-15(2)12-18(17)22(27)28-21/h5-6,8-9,15H,3-4,7,10-12H2,1-2H3,(H,24,25). The predicted molar refractivity (Wildman–Crippen MR) is 116 cm³/mol. The van der Waals surface area contributed by atoms with Crippen molar-refractivity contribution in [2.45, 2.75) is 46.0 Å². The third-order valence-electron chi connectivity index (χ3n) is 4.98. The van der Waals surface area contributed by atoms with E-state index in [1.807, 2.05) is 31.2 Å². The van der Waals surface area contributed by atoms with Crippen LogP contribution >= 0.6 is 23.6 Å². The van der Waals surface area contributed by atoms with Gasteiger partial charge in [-0.1, -0.05) is 36.8 Å². The number of fused-ring (bicyclic) bond motifs is 1. The van der Waals surface area contributed by atoms with Gasteiger partial charge in [-0.25, -0.2) is 0 Å². The summed E-state index contributed by atoms with van der Waals surface area (Å²) in [5.74, 6) is 1.28. The lowest BCUT2D eigenvalue weighted by molar-refractivity contribution is -0.116. The molecule has 1 N–H and O–H groups in total. The van der Waals surface area contributed by atoms with Gasteiger partial charge in [0.25, 0.3) is 0 Å². The molecule has 1 atom stereocenters. The number of benzene rings is 1. The molecule has 3 rings (SSSR count). The molecule has 0 aliphatic heterocycles. The highest BCUT2D eigenvalue weighted by Gasteiger charge is 2.23. The molecule has 0 saturated heterocycles. The average molecular weight is 413 g/mol. The molecule has 0 fully saturated rings. The van der Waals surface area contributed by atoms with Crippen molar-refractivity contribution in [2.75, 3.05) is 11.9 Å². The van der Waals surface area contributed by atoms with Crippen LogP contribution in [0.4, 0.5) is 5.00 Å². The zero-order chi connectivity index (χ0) is 20.1. The summed E-state index contributed by atoms with van der Waals surface area (Å²) in [5.41, 5.74) is 3.92. The van der Waals surface area contributed by atoms with Crippen LogP contribution in [0.1, 0.15) is 48.4 Å². The molecule has 0 bridgehead atoms. The fourth-order valence-electron chi connectivity index (χ4n) is 3.39. The molecule has 1 amide bonds. The topological polar surface area (TPSA) is 62.1 Å². The minimum Gasteiger partial charge on any atom is -0.494 e. The third kappa shape index (κ3) is 4.98. The van der Waals surface area contributed by atoms with Gasteiger partial charge < -0.3 is 10.1 Å². The fourth-order valence-corrected chi connectivity index (χ4v) is 4.80. The number of aryl methyl sites for hydroxylation is 1. The molecule has 4 nitrogen and oxygen atoms in total. The Hall–Kier alpha value is -2.23. The summed E-state index contributed by atoms with van der Waals surface area (Å²) in [6.45, 7) is 4.71. The molecule has 28 heavy (non-hydrogen) atoms. The Bertz CT molecular complexity index is 958. The van der Waals surface area contributed by atoms with E-state index in [0.29, 0.717) is 35.9 Å².